The molecule has 0 aliphatic carbocycles. The SMILES string of the molecule is O=C(CNC(=O)c1ccc(/C=N\O)c2ccccc12)NCC(F)(F)F. The van der Waals surface area contributed by atoms with Gasteiger partial charge in [0.1, 0.15) is 6.54 Å². The third-order valence-electron chi connectivity index (χ3n) is 3.29. The normalized spacial score (nSPS) is 11.6. The van der Waals surface area contributed by atoms with E-state index < -0.39 is 31.1 Å². The zero-order valence-electron chi connectivity index (χ0n) is 12.8. The molecule has 2 aromatic rings. The lowest BCUT2D eigenvalue weighted by atomic mass is 9.99. The number of halogens is 3. The molecule has 132 valence electrons. The minimum absolute atomic E-state index is 0.245. The smallest absolute Gasteiger partial charge is 0.405 e. The lowest BCUT2D eigenvalue weighted by Gasteiger charge is -2.11. The van der Waals surface area contributed by atoms with Crippen LogP contribution < -0.4 is 10.6 Å². The van der Waals surface area contributed by atoms with Crippen molar-refractivity contribution >= 4 is 28.8 Å². The van der Waals surface area contributed by atoms with E-state index in [9.17, 15) is 22.8 Å². The number of oxime groups is 1. The maximum absolute atomic E-state index is 12.2. The molecule has 25 heavy (non-hydrogen) atoms. The van der Waals surface area contributed by atoms with Crippen LogP contribution in [0.25, 0.3) is 10.8 Å². The van der Waals surface area contributed by atoms with Crippen LogP contribution in [0.3, 0.4) is 0 Å². The fraction of sp³-hybridized carbons (Fsp3) is 0.188. The van der Waals surface area contributed by atoms with Gasteiger partial charge in [0.25, 0.3) is 5.91 Å². The van der Waals surface area contributed by atoms with Crippen molar-refractivity contribution in [3.63, 3.8) is 0 Å². The van der Waals surface area contributed by atoms with Gasteiger partial charge in [0.15, 0.2) is 0 Å². The van der Waals surface area contributed by atoms with Gasteiger partial charge in [-0.1, -0.05) is 35.5 Å². The highest BCUT2D eigenvalue weighted by Gasteiger charge is 2.27. The molecule has 3 N–H and O–H groups in total. The molecule has 0 atom stereocenters. The number of alkyl halides is 3. The van der Waals surface area contributed by atoms with Gasteiger partial charge in [0.05, 0.1) is 12.8 Å². The molecule has 2 rings (SSSR count). The quantitative estimate of drug-likeness (QED) is 0.437. The van der Waals surface area contributed by atoms with Crippen molar-refractivity contribution < 1.29 is 28.0 Å². The summed E-state index contributed by atoms with van der Waals surface area (Å²) in [5.41, 5.74) is 0.826. The van der Waals surface area contributed by atoms with Crippen LogP contribution in [0.2, 0.25) is 0 Å². The number of hydrogen-bond acceptors (Lipinski definition) is 4. The molecule has 0 aliphatic heterocycles. The molecular weight excluding hydrogens is 339 g/mol. The molecule has 0 unspecified atom stereocenters. The van der Waals surface area contributed by atoms with Crippen molar-refractivity contribution in [3.05, 3.63) is 47.5 Å². The van der Waals surface area contributed by atoms with Gasteiger partial charge < -0.3 is 15.8 Å². The first kappa shape index (κ1) is 18.2. The Balaban J connectivity index is 2.12. The highest BCUT2D eigenvalue weighted by Crippen LogP contribution is 2.22. The van der Waals surface area contributed by atoms with Crippen LogP contribution in [-0.4, -0.2) is 42.5 Å². The first-order valence-electron chi connectivity index (χ1n) is 7.12. The average molecular weight is 353 g/mol. The maximum atomic E-state index is 12.2. The van der Waals surface area contributed by atoms with E-state index >= 15 is 0 Å². The predicted molar refractivity (Wildman–Crippen MR) is 84.7 cm³/mol. The highest BCUT2D eigenvalue weighted by atomic mass is 19.4. The third kappa shape index (κ3) is 4.93. The minimum atomic E-state index is -4.51. The number of hydrogen-bond donors (Lipinski definition) is 3. The largest absolute Gasteiger partial charge is 0.411 e. The Morgan fingerprint density at radius 2 is 1.76 bits per heavy atom. The lowest BCUT2D eigenvalue weighted by Crippen LogP contribution is -2.40. The second kappa shape index (κ2) is 7.65. The Hall–Kier alpha value is -3.10. The molecule has 2 aromatic carbocycles. The van der Waals surface area contributed by atoms with Gasteiger partial charge in [-0.2, -0.15) is 13.2 Å². The van der Waals surface area contributed by atoms with Gasteiger partial charge in [-0.3, -0.25) is 9.59 Å². The third-order valence-corrected chi connectivity index (χ3v) is 3.29. The molecular formula is C16H14F3N3O3. The van der Waals surface area contributed by atoms with Gasteiger partial charge in [-0.25, -0.2) is 0 Å². The maximum Gasteiger partial charge on any atom is 0.405 e. The Kier molecular flexibility index (Phi) is 5.58. The summed E-state index contributed by atoms with van der Waals surface area (Å²) in [7, 11) is 0. The van der Waals surface area contributed by atoms with Crippen LogP contribution in [0.4, 0.5) is 13.2 Å². The topological polar surface area (TPSA) is 90.8 Å². The summed E-state index contributed by atoms with van der Waals surface area (Å²) in [5, 5.41) is 16.8. The molecule has 0 aromatic heterocycles. The molecule has 6 nitrogen and oxygen atoms in total. The van der Waals surface area contributed by atoms with Crippen LogP contribution in [0, 0.1) is 0 Å². The van der Waals surface area contributed by atoms with Crippen LogP contribution in [0.15, 0.2) is 41.6 Å². The van der Waals surface area contributed by atoms with Gasteiger partial charge in [-0.05, 0) is 16.8 Å². The predicted octanol–water partition coefficient (Wildman–Crippen LogP) is 2.06. The molecule has 0 radical (unpaired) electrons. The van der Waals surface area contributed by atoms with Crippen molar-refractivity contribution in [3.8, 4) is 0 Å². The van der Waals surface area contributed by atoms with Crippen LogP contribution in [-0.2, 0) is 4.79 Å². The fourth-order valence-electron chi connectivity index (χ4n) is 2.21. The molecule has 0 heterocycles. The second-order valence-corrected chi connectivity index (χ2v) is 5.07. The number of amides is 2. The molecule has 0 spiro atoms. The number of rotatable bonds is 5. The zero-order valence-corrected chi connectivity index (χ0v) is 12.8. The highest BCUT2D eigenvalue weighted by molar-refractivity contribution is 6.11. The van der Waals surface area contributed by atoms with Crippen LogP contribution in [0.5, 0.6) is 0 Å². The molecule has 0 fully saturated rings. The van der Waals surface area contributed by atoms with Gasteiger partial charge >= 0.3 is 6.18 Å². The Bertz CT molecular complexity index is 819. The van der Waals surface area contributed by atoms with Crippen LogP contribution in [0.1, 0.15) is 15.9 Å². The molecule has 0 bridgehead atoms. The molecule has 2 amide bonds. The Morgan fingerprint density at radius 1 is 1.08 bits per heavy atom. The molecule has 0 saturated carbocycles. The molecule has 0 saturated heterocycles. The monoisotopic (exact) mass is 353 g/mol. The number of fused-ring (bicyclic) bond motifs is 1. The first-order chi connectivity index (χ1) is 11.8. The van der Waals surface area contributed by atoms with Crippen molar-refractivity contribution in [2.45, 2.75) is 6.18 Å². The summed E-state index contributed by atoms with van der Waals surface area (Å²) in [4.78, 5) is 23.6. The lowest BCUT2D eigenvalue weighted by molar-refractivity contribution is -0.137. The minimum Gasteiger partial charge on any atom is -0.411 e. The van der Waals surface area contributed by atoms with E-state index in [-0.39, 0.29) is 5.56 Å². The van der Waals surface area contributed by atoms with E-state index in [1.165, 1.54) is 12.3 Å². The summed E-state index contributed by atoms with van der Waals surface area (Å²) in [6.45, 7) is -2.04. The zero-order chi connectivity index (χ0) is 18.4. The van der Waals surface area contributed by atoms with Crippen LogP contribution >= 0.6 is 0 Å². The van der Waals surface area contributed by atoms with E-state index in [1.54, 1.807) is 35.6 Å². The van der Waals surface area contributed by atoms with E-state index in [2.05, 4.69) is 10.5 Å². The van der Waals surface area contributed by atoms with Gasteiger partial charge in [-0.15, -0.1) is 0 Å². The average Bonchev–Trinajstić information content (AvgIpc) is 2.57. The van der Waals surface area contributed by atoms with Crippen molar-refractivity contribution in [2.24, 2.45) is 5.16 Å². The first-order valence-corrected chi connectivity index (χ1v) is 7.12. The van der Waals surface area contributed by atoms with Crippen molar-refractivity contribution in [1.82, 2.24) is 10.6 Å². The summed E-state index contributed by atoms with van der Waals surface area (Å²) in [5.74, 6) is -1.55. The van der Waals surface area contributed by atoms with Gasteiger partial charge in [0.2, 0.25) is 5.91 Å². The summed E-state index contributed by atoms with van der Waals surface area (Å²) < 4.78 is 36.1. The Labute approximate surface area is 140 Å². The van der Waals surface area contributed by atoms with E-state index in [0.717, 1.165) is 0 Å². The number of nitrogens with zero attached hydrogens (tertiary/aromatic N) is 1. The standard InChI is InChI=1S/C16H14F3N3O3/c17-16(18,19)9-21-14(23)8-20-15(24)13-6-5-10(7-22-25)11-3-1-2-4-12(11)13/h1-7,25H,8-9H2,(H,20,24)(H,21,23)/b22-7-. The summed E-state index contributed by atoms with van der Waals surface area (Å²) >= 11 is 0. The second-order valence-electron chi connectivity index (χ2n) is 5.07. The van der Waals surface area contributed by atoms with E-state index in [4.69, 9.17) is 5.21 Å². The van der Waals surface area contributed by atoms with Gasteiger partial charge in [0, 0.05) is 11.1 Å². The number of carbonyl (C=O) groups is 2. The molecule has 9 heteroatoms. The summed E-state index contributed by atoms with van der Waals surface area (Å²) in [6.07, 6.45) is -3.30. The Morgan fingerprint density at radius 3 is 2.40 bits per heavy atom. The molecule has 0 aliphatic rings. The van der Waals surface area contributed by atoms with Crippen molar-refractivity contribution in [1.29, 1.82) is 0 Å². The van der Waals surface area contributed by atoms with E-state index in [0.29, 0.717) is 16.3 Å². The summed E-state index contributed by atoms with van der Waals surface area (Å²) in [6, 6.07) is 9.86. The number of carbonyl (C=O) groups excluding carboxylic acids is 2. The number of nitrogens with one attached hydrogen (secondary N) is 2. The fourth-order valence-corrected chi connectivity index (χ4v) is 2.21. The van der Waals surface area contributed by atoms with E-state index in [1.807, 2.05) is 0 Å². The van der Waals surface area contributed by atoms with Crippen molar-refractivity contribution in [2.75, 3.05) is 13.1 Å². The number of benzene rings is 2.